The molecule has 29 heavy (non-hydrogen) atoms. The van der Waals surface area contributed by atoms with Crippen molar-refractivity contribution in [2.45, 2.75) is 12.8 Å². The topological polar surface area (TPSA) is 87.7 Å². The third-order valence-corrected chi connectivity index (χ3v) is 4.60. The lowest BCUT2D eigenvalue weighted by Crippen LogP contribution is -2.31. The molecule has 0 bridgehead atoms. The van der Waals surface area contributed by atoms with Gasteiger partial charge in [-0.1, -0.05) is 18.2 Å². The summed E-state index contributed by atoms with van der Waals surface area (Å²) in [5.74, 6) is -1.04. The van der Waals surface area contributed by atoms with E-state index < -0.39 is 6.03 Å². The van der Waals surface area contributed by atoms with E-state index in [0.29, 0.717) is 36.3 Å². The average molecular weight is 399 g/mol. The van der Waals surface area contributed by atoms with Crippen molar-refractivity contribution in [1.29, 1.82) is 0 Å². The van der Waals surface area contributed by atoms with Crippen LogP contribution in [0.5, 0.6) is 0 Å². The zero-order chi connectivity index (χ0) is 20.8. The van der Waals surface area contributed by atoms with Crippen molar-refractivity contribution >= 4 is 23.5 Å². The monoisotopic (exact) mass is 399 g/mol. The van der Waals surface area contributed by atoms with E-state index in [9.17, 15) is 18.8 Å². The number of imide groups is 1. The summed E-state index contributed by atoms with van der Waals surface area (Å²) in [5.41, 5.74) is 1.49. The van der Waals surface area contributed by atoms with E-state index in [4.69, 9.17) is 4.74 Å². The maximum atomic E-state index is 13.6. The first-order chi connectivity index (χ1) is 14.0. The van der Waals surface area contributed by atoms with Crippen LogP contribution in [0.25, 0.3) is 0 Å². The van der Waals surface area contributed by atoms with Gasteiger partial charge in [0.05, 0.1) is 11.1 Å². The van der Waals surface area contributed by atoms with Crippen LogP contribution in [-0.2, 0) is 11.2 Å². The smallest absolute Gasteiger partial charge is 0.319 e. The van der Waals surface area contributed by atoms with Gasteiger partial charge in [-0.05, 0) is 42.7 Å². The zero-order valence-corrected chi connectivity index (χ0v) is 16.0. The van der Waals surface area contributed by atoms with Crippen LogP contribution in [0.3, 0.4) is 0 Å². The molecular weight excluding hydrogens is 377 g/mol. The number of methoxy groups -OCH3 is 1. The van der Waals surface area contributed by atoms with Crippen LogP contribution in [-0.4, -0.2) is 49.6 Å². The Morgan fingerprint density at radius 1 is 1.10 bits per heavy atom. The number of nitrogens with zero attached hydrogens (tertiary/aromatic N) is 1. The fourth-order valence-electron chi connectivity index (χ4n) is 3.13. The molecule has 0 aliphatic carbocycles. The molecule has 0 saturated carbocycles. The highest BCUT2D eigenvalue weighted by Crippen LogP contribution is 2.26. The summed E-state index contributed by atoms with van der Waals surface area (Å²) in [5, 5.41) is 5.27. The quantitative estimate of drug-likeness (QED) is 0.528. The first kappa shape index (κ1) is 20.5. The summed E-state index contributed by atoms with van der Waals surface area (Å²) < 4.78 is 18.5. The number of nitrogens with one attached hydrogen (secondary N) is 2. The van der Waals surface area contributed by atoms with Gasteiger partial charge in [0.1, 0.15) is 5.82 Å². The minimum Gasteiger partial charge on any atom is -0.385 e. The van der Waals surface area contributed by atoms with E-state index in [-0.39, 0.29) is 36.3 Å². The van der Waals surface area contributed by atoms with Crippen LogP contribution in [0, 0.1) is 5.82 Å². The normalized spacial score (nSPS) is 12.8. The van der Waals surface area contributed by atoms with Gasteiger partial charge < -0.3 is 15.4 Å². The molecule has 0 spiro atoms. The van der Waals surface area contributed by atoms with Crippen LogP contribution >= 0.6 is 0 Å². The highest BCUT2D eigenvalue weighted by molar-refractivity contribution is 6.21. The van der Waals surface area contributed by atoms with E-state index in [1.54, 1.807) is 31.4 Å². The summed E-state index contributed by atoms with van der Waals surface area (Å²) in [6.07, 6.45) is 0.908. The van der Waals surface area contributed by atoms with Crippen LogP contribution in [0.15, 0.2) is 42.5 Å². The third-order valence-electron chi connectivity index (χ3n) is 4.60. The number of hydrogen-bond donors (Lipinski definition) is 2. The molecule has 2 aromatic carbocycles. The number of ether oxygens (including phenoxy) is 1. The van der Waals surface area contributed by atoms with Crippen molar-refractivity contribution in [3.8, 4) is 0 Å². The van der Waals surface area contributed by atoms with E-state index in [2.05, 4.69) is 10.6 Å². The van der Waals surface area contributed by atoms with E-state index in [1.807, 2.05) is 0 Å². The Hall–Kier alpha value is -3.26. The predicted octanol–water partition coefficient (Wildman–Crippen LogP) is 2.82. The van der Waals surface area contributed by atoms with E-state index >= 15 is 0 Å². The Labute approximate surface area is 167 Å². The summed E-state index contributed by atoms with van der Waals surface area (Å²) in [6.45, 7) is 0.981. The maximum Gasteiger partial charge on any atom is 0.319 e. The molecule has 8 heteroatoms. The lowest BCUT2D eigenvalue weighted by molar-refractivity contribution is 0.0638. The van der Waals surface area contributed by atoms with Gasteiger partial charge in [-0.2, -0.15) is 0 Å². The van der Waals surface area contributed by atoms with Gasteiger partial charge in [0, 0.05) is 32.5 Å². The lowest BCUT2D eigenvalue weighted by atomic mass is 10.1. The second-order valence-corrected chi connectivity index (χ2v) is 6.59. The largest absolute Gasteiger partial charge is 0.385 e. The number of urea groups is 1. The third kappa shape index (κ3) is 4.78. The Balaban J connectivity index is 1.57. The molecule has 4 amide bonds. The number of halogens is 1. The molecule has 1 aliphatic heterocycles. The first-order valence-electron chi connectivity index (χ1n) is 9.28. The minimum atomic E-state index is -0.477. The Morgan fingerprint density at radius 3 is 2.62 bits per heavy atom. The van der Waals surface area contributed by atoms with Crippen molar-refractivity contribution in [2.75, 3.05) is 32.1 Å². The minimum absolute atomic E-state index is 0.252. The number of amides is 4. The van der Waals surface area contributed by atoms with Gasteiger partial charge in [-0.25, -0.2) is 9.18 Å². The van der Waals surface area contributed by atoms with Crippen molar-refractivity contribution in [2.24, 2.45) is 0 Å². The number of hydrogen-bond acceptors (Lipinski definition) is 4. The zero-order valence-electron chi connectivity index (χ0n) is 16.0. The number of carbonyl (C=O) groups excluding carboxylic acids is 3. The van der Waals surface area contributed by atoms with Crippen LogP contribution in [0.1, 0.15) is 32.7 Å². The Bertz CT molecular complexity index is 932. The summed E-state index contributed by atoms with van der Waals surface area (Å²) in [7, 11) is 1.56. The molecule has 3 rings (SSSR count). The molecule has 0 saturated heterocycles. The molecule has 0 radical (unpaired) electrons. The Morgan fingerprint density at radius 2 is 1.86 bits per heavy atom. The molecule has 2 aromatic rings. The van der Waals surface area contributed by atoms with Gasteiger partial charge in [-0.15, -0.1) is 0 Å². The van der Waals surface area contributed by atoms with Gasteiger partial charge >= 0.3 is 6.03 Å². The molecule has 1 heterocycles. The van der Waals surface area contributed by atoms with Crippen molar-refractivity contribution in [3.63, 3.8) is 0 Å². The summed E-state index contributed by atoms with van der Waals surface area (Å²) in [6, 6.07) is 10.5. The summed E-state index contributed by atoms with van der Waals surface area (Å²) >= 11 is 0. The van der Waals surface area contributed by atoms with Gasteiger partial charge in [0.2, 0.25) is 0 Å². The van der Waals surface area contributed by atoms with Crippen LogP contribution < -0.4 is 10.6 Å². The SMILES string of the molecule is COCCCN1C(=O)c2ccc(NC(=O)NCCc3ccccc3F)cc2C1=O. The van der Waals surface area contributed by atoms with E-state index in [1.165, 1.54) is 23.1 Å². The predicted molar refractivity (Wildman–Crippen MR) is 105 cm³/mol. The molecule has 152 valence electrons. The van der Waals surface area contributed by atoms with Gasteiger partial charge in [-0.3, -0.25) is 14.5 Å². The number of anilines is 1. The van der Waals surface area contributed by atoms with Gasteiger partial charge in [0.25, 0.3) is 11.8 Å². The van der Waals surface area contributed by atoms with Gasteiger partial charge in [0.15, 0.2) is 0 Å². The molecule has 0 atom stereocenters. The maximum absolute atomic E-state index is 13.6. The molecule has 0 aromatic heterocycles. The molecule has 2 N–H and O–H groups in total. The first-order valence-corrected chi connectivity index (χ1v) is 9.28. The summed E-state index contributed by atoms with van der Waals surface area (Å²) in [4.78, 5) is 38.1. The highest BCUT2D eigenvalue weighted by Gasteiger charge is 2.35. The lowest BCUT2D eigenvalue weighted by Gasteiger charge is -2.12. The highest BCUT2D eigenvalue weighted by atomic mass is 19.1. The fraction of sp³-hybridized carbons (Fsp3) is 0.286. The average Bonchev–Trinajstić information content (AvgIpc) is 2.94. The second kappa shape index (κ2) is 9.29. The second-order valence-electron chi connectivity index (χ2n) is 6.59. The Kier molecular flexibility index (Phi) is 6.56. The number of rotatable bonds is 8. The molecule has 0 fully saturated rings. The van der Waals surface area contributed by atoms with Crippen LogP contribution in [0.2, 0.25) is 0 Å². The number of carbonyl (C=O) groups is 3. The number of fused-ring (bicyclic) bond motifs is 1. The molecular formula is C21H22FN3O4. The molecule has 0 unspecified atom stereocenters. The van der Waals surface area contributed by atoms with Crippen molar-refractivity contribution in [1.82, 2.24) is 10.2 Å². The standard InChI is InChI=1S/C21H22FN3O4/c1-29-12-4-11-25-19(26)16-8-7-15(13-17(16)20(25)27)24-21(28)23-10-9-14-5-2-3-6-18(14)22/h2-3,5-8,13H,4,9-12H2,1H3,(H2,23,24,28). The fourth-order valence-corrected chi connectivity index (χ4v) is 3.13. The molecule has 7 nitrogen and oxygen atoms in total. The number of benzene rings is 2. The molecule has 1 aliphatic rings. The van der Waals surface area contributed by atoms with Crippen molar-refractivity contribution < 1.29 is 23.5 Å². The van der Waals surface area contributed by atoms with Crippen LogP contribution in [0.4, 0.5) is 14.9 Å². The van der Waals surface area contributed by atoms with E-state index in [0.717, 1.165) is 0 Å². The van der Waals surface area contributed by atoms with Crippen molar-refractivity contribution in [3.05, 3.63) is 65.0 Å².